The average Bonchev–Trinajstić information content (AvgIpc) is 2.36. The second kappa shape index (κ2) is 3.45. The first-order valence-electron chi connectivity index (χ1n) is 5.67. The maximum Gasteiger partial charge on any atom is 0.258 e. The molecule has 3 rings (SSSR count). The summed E-state index contributed by atoms with van der Waals surface area (Å²) in [5.41, 5.74) is 2.27. The van der Waals surface area contributed by atoms with E-state index in [1.54, 1.807) is 4.57 Å². The lowest BCUT2D eigenvalue weighted by molar-refractivity contribution is 0.918. The van der Waals surface area contributed by atoms with Gasteiger partial charge < -0.3 is 4.57 Å². The van der Waals surface area contributed by atoms with Crippen LogP contribution >= 0.6 is 0 Å². The number of aryl methyl sites for hydroxylation is 2. The minimum absolute atomic E-state index is 0.0682. The van der Waals surface area contributed by atoms with Crippen molar-refractivity contribution >= 4 is 21.7 Å². The molecule has 2 heteroatoms. The third-order valence-corrected chi connectivity index (χ3v) is 3.34. The number of hydrogen-bond donors (Lipinski definition) is 0. The van der Waals surface area contributed by atoms with Crippen LogP contribution in [0, 0.1) is 6.92 Å². The van der Waals surface area contributed by atoms with Gasteiger partial charge in [0.2, 0.25) is 0 Å². The van der Waals surface area contributed by atoms with Gasteiger partial charge in [0, 0.05) is 17.8 Å². The highest BCUT2D eigenvalue weighted by molar-refractivity contribution is 6.07. The summed E-state index contributed by atoms with van der Waals surface area (Å²) in [5.74, 6) is 0. The molecule has 0 fully saturated rings. The molecule has 0 aliphatic rings. The largest absolute Gasteiger partial charge is 0.311 e. The van der Waals surface area contributed by atoms with Crippen LogP contribution in [0.3, 0.4) is 0 Å². The smallest absolute Gasteiger partial charge is 0.258 e. The van der Waals surface area contributed by atoms with Gasteiger partial charge in [0.15, 0.2) is 0 Å². The minimum Gasteiger partial charge on any atom is -0.311 e. The van der Waals surface area contributed by atoms with Crippen molar-refractivity contribution in [1.82, 2.24) is 4.57 Å². The fourth-order valence-corrected chi connectivity index (χ4v) is 2.46. The van der Waals surface area contributed by atoms with Crippen molar-refractivity contribution in [2.24, 2.45) is 7.05 Å². The number of nitrogens with zero attached hydrogens (tertiary/aromatic N) is 1. The molecular formula is C15H13NO. The molecule has 1 aromatic heterocycles. The van der Waals surface area contributed by atoms with E-state index in [1.165, 1.54) is 10.9 Å². The quantitative estimate of drug-likeness (QED) is 0.537. The van der Waals surface area contributed by atoms with Gasteiger partial charge in [-0.3, -0.25) is 4.79 Å². The molecule has 0 amide bonds. The second-order valence-corrected chi connectivity index (χ2v) is 4.38. The molecule has 2 nitrogen and oxygen atoms in total. The summed E-state index contributed by atoms with van der Waals surface area (Å²) in [5, 5.41) is 3.01. The van der Waals surface area contributed by atoms with E-state index < -0.39 is 0 Å². The highest BCUT2D eigenvalue weighted by atomic mass is 16.1. The molecule has 17 heavy (non-hydrogen) atoms. The number of benzene rings is 2. The van der Waals surface area contributed by atoms with Gasteiger partial charge in [0.25, 0.3) is 5.56 Å². The SMILES string of the molecule is Cc1cccc2c1c1ccccc1c(=O)n2C. The second-order valence-electron chi connectivity index (χ2n) is 4.38. The Morgan fingerprint density at radius 1 is 0.941 bits per heavy atom. The van der Waals surface area contributed by atoms with Crippen LogP contribution in [0.2, 0.25) is 0 Å². The molecule has 84 valence electrons. The first-order valence-corrected chi connectivity index (χ1v) is 5.67. The summed E-state index contributed by atoms with van der Waals surface area (Å²) in [6.07, 6.45) is 0. The third kappa shape index (κ3) is 1.30. The average molecular weight is 223 g/mol. The van der Waals surface area contributed by atoms with Crippen molar-refractivity contribution in [3.05, 3.63) is 58.4 Å². The lowest BCUT2D eigenvalue weighted by atomic mass is 10.0. The topological polar surface area (TPSA) is 22.0 Å². The van der Waals surface area contributed by atoms with E-state index in [0.717, 1.165) is 16.3 Å². The van der Waals surface area contributed by atoms with Gasteiger partial charge in [0.05, 0.1) is 5.52 Å². The lowest BCUT2D eigenvalue weighted by Gasteiger charge is -2.10. The Hall–Kier alpha value is -2.09. The maximum absolute atomic E-state index is 12.2. The summed E-state index contributed by atoms with van der Waals surface area (Å²) in [6.45, 7) is 2.08. The van der Waals surface area contributed by atoms with Crippen LogP contribution in [0.25, 0.3) is 21.7 Å². The summed E-state index contributed by atoms with van der Waals surface area (Å²) in [6, 6.07) is 13.9. The van der Waals surface area contributed by atoms with Gasteiger partial charge in [-0.2, -0.15) is 0 Å². The molecule has 0 saturated heterocycles. The molecule has 0 radical (unpaired) electrons. The number of fused-ring (bicyclic) bond motifs is 3. The number of rotatable bonds is 0. The van der Waals surface area contributed by atoms with Crippen LogP contribution in [0.1, 0.15) is 5.56 Å². The van der Waals surface area contributed by atoms with Crippen LogP contribution in [0.4, 0.5) is 0 Å². The summed E-state index contributed by atoms with van der Waals surface area (Å²) >= 11 is 0. The molecule has 0 spiro atoms. The Bertz CT molecular complexity index is 784. The van der Waals surface area contributed by atoms with Gasteiger partial charge >= 0.3 is 0 Å². The molecule has 0 aliphatic heterocycles. The molecule has 2 aromatic carbocycles. The van der Waals surface area contributed by atoms with Crippen molar-refractivity contribution in [3.63, 3.8) is 0 Å². The van der Waals surface area contributed by atoms with Gasteiger partial charge in [-0.15, -0.1) is 0 Å². The molecule has 0 saturated carbocycles. The number of pyridine rings is 1. The van der Waals surface area contributed by atoms with Crippen molar-refractivity contribution in [2.45, 2.75) is 6.92 Å². The minimum atomic E-state index is 0.0682. The summed E-state index contributed by atoms with van der Waals surface area (Å²) in [4.78, 5) is 12.2. The highest BCUT2D eigenvalue weighted by Crippen LogP contribution is 2.24. The van der Waals surface area contributed by atoms with Crippen LogP contribution in [0.5, 0.6) is 0 Å². The van der Waals surface area contributed by atoms with Crippen LogP contribution in [0.15, 0.2) is 47.3 Å². The first-order chi connectivity index (χ1) is 8.20. The Balaban J connectivity index is 2.77. The van der Waals surface area contributed by atoms with Gasteiger partial charge in [-0.1, -0.05) is 30.3 Å². The highest BCUT2D eigenvalue weighted by Gasteiger charge is 2.08. The van der Waals surface area contributed by atoms with Crippen molar-refractivity contribution in [1.29, 1.82) is 0 Å². The number of aromatic nitrogens is 1. The predicted octanol–water partition coefficient (Wildman–Crippen LogP) is 3.00. The normalized spacial score (nSPS) is 11.2. The zero-order chi connectivity index (χ0) is 12.0. The Kier molecular flexibility index (Phi) is 2.05. The van der Waals surface area contributed by atoms with E-state index in [2.05, 4.69) is 13.0 Å². The summed E-state index contributed by atoms with van der Waals surface area (Å²) in [7, 11) is 1.83. The van der Waals surface area contributed by atoms with E-state index in [9.17, 15) is 4.79 Å². The molecule has 1 heterocycles. The van der Waals surface area contributed by atoms with Crippen molar-refractivity contribution in [3.8, 4) is 0 Å². The standard InChI is InChI=1S/C15H13NO/c1-10-6-5-9-13-14(10)11-7-3-4-8-12(11)15(17)16(13)2/h3-9H,1-2H3. The van der Waals surface area contributed by atoms with E-state index in [1.807, 2.05) is 43.4 Å². The van der Waals surface area contributed by atoms with Crippen LogP contribution < -0.4 is 5.56 Å². The molecule has 0 N–H and O–H groups in total. The van der Waals surface area contributed by atoms with Crippen molar-refractivity contribution < 1.29 is 0 Å². The van der Waals surface area contributed by atoms with Crippen LogP contribution in [-0.4, -0.2) is 4.57 Å². The lowest BCUT2D eigenvalue weighted by Crippen LogP contribution is -2.17. The fourth-order valence-electron chi connectivity index (χ4n) is 2.46. The molecular weight excluding hydrogens is 210 g/mol. The zero-order valence-electron chi connectivity index (χ0n) is 9.90. The molecule has 3 aromatic rings. The van der Waals surface area contributed by atoms with Gasteiger partial charge in [0.1, 0.15) is 0 Å². The molecule has 0 atom stereocenters. The third-order valence-electron chi connectivity index (χ3n) is 3.34. The van der Waals surface area contributed by atoms with Gasteiger partial charge in [-0.05, 0) is 30.0 Å². The number of hydrogen-bond acceptors (Lipinski definition) is 1. The van der Waals surface area contributed by atoms with E-state index in [4.69, 9.17) is 0 Å². The zero-order valence-corrected chi connectivity index (χ0v) is 9.90. The summed E-state index contributed by atoms with van der Waals surface area (Å²) < 4.78 is 1.73. The fraction of sp³-hybridized carbons (Fsp3) is 0.133. The maximum atomic E-state index is 12.2. The van der Waals surface area contributed by atoms with Crippen LogP contribution in [-0.2, 0) is 7.05 Å². The van der Waals surface area contributed by atoms with E-state index >= 15 is 0 Å². The molecule has 0 aliphatic carbocycles. The van der Waals surface area contributed by atoms with Crippen molar-refractivity contribution in [2.75, 3.05) is 0 Å². The Morgan fingerprint density at radius 3 is 2.41 bits per heavy atom. The Morgan fingerprint density at radius 2 is 1.65 bits per heavy atom. The van der Waals surface area contributed by atoms with E-state index in [0.29, 0.717) is 0 Å². The predicted molar refractivity (Wildman–Crippen MR) is 71.4 cm³/mol. The van der Waals surface area contributed by atoms with Gasteiger partial charge in [-0.25, -0.2) is 0 Å². The molecule has 0 unspecified atom stereocenters. The van der Waals surface area contributed by atoms with E-state index in [-0.39, 0.29) is 5.56 Å². The monoisotopic (exact) mass is 223 g/mol. The Labute approximate surface area is 99.1 Å². The molecule has 0 bridgehead atoms. The first kappa shape index (κ1) is 10.1.